The lowest BCUT2D eigenvalue weighted by Crippen LogP contribution is -2.46. The van der Waals surface area contributed by atoms with Gasteiger partial charge in [0.25, 0.3) is 7.82 Å². The zero-order valence-electron chi connectivity index (χ0n) is 40.9. The first-order valence-corrected chi connectivity index (χ1v) is 27.8. The van der Waals surface area contributed by atoms with E-state index in [9.17, 15) is 19.4 Å². The largest absolute Gasteiger partial charge is 0.756 e. The van der Waals surface area contributed by atoms with Gasteiger partial charge in [-0.25, -0.2) is 0 Å². The molecule has 0 spiro atoms. The number of phosphoric acid groups is 1. The molecule has 0 aliphatic carbocycles. The van der Waals surface area contributed by atoms with E-state index < -0.39 is 20.0 Å². The van der Waals surface area contributed by atoms with Crippen LogP contribution in [-0.4, -0.2) is 68.5 Å². The van der Waals surface area contributed by atoms with E-state index >= 15 is 0 Å². The molecule has 0 bridgehead atoms. The first kappa shape index (κ1) is 59.5. The van der Waals surface area contributed by atoms with Crippen LogP contribution in [0.5, 0.6) is 0 Å². The van der Waals surface area contributed by atoms with E-state index in [4.69, 9.17) is 9.05 Å². The minimum atomic E-state index is -4.56. The van der Waals surface area contributed by atoms with Gasteiger partial charge in [-0.15, -0.1) is 0 Å². The molecule has 9 heteroatoms. The van der Waals surface area contributed by atoms with Crippen LogP contribution in [0.1, 0.15) is 271 Å². The van der Waals surface area contributed by atoms with E-state index in [1.807, 2.05) is 21.1 Å². The monoisotopic (exact) mass is 873 g/mol. The fourth-order valence-corrected chi connectivity index (χ4v) is 8.88. The zero-order chi connectivity index (χ0) is 44.3. The van der Waals surface area contributed by atoms with Crippen molar-refractivity contribution in [3.05, 3.63) is 0 Å². The molecule has 360 valence electrons. The number of likely N-dealkylation sites (N-methyl/N-ethyl adjacent to an activating group) is 1. The number of nitrogens with zero attached hydrogens (tertiary/aromatic N) is 1. The summed E-state index contributed by atoms with van der Waals surface area (Å²) in [5, 5.41) is 14.0. The molecule has 60 heavy (non-hydrogen) atoms. The van der Waals surface area contributed by atoms with Gasteiger partial charge in [-0.1, -0.05) is 251 Å². The van der Waals surface area contributed by atoms with Crippen molar-refractivity contribution in [1.82, 2.24) is 5.32 Å². The predicted molar refractivity (Wildman–Crippen MR) is 256 cm³/mol. The van der Waals surface area contributed by atoms with Crippen LogP contribution in [0.15, 0.2) is 0 Å². The van der Waals surface area contributed by atoms with Gasteiger partial charge in [0.2, 0.25) is 5.91 Å². The van der Waals surface area contributed by atoms with Crippen LogP contribution in [0, 0.1) is 0 Å². The summed E-state index contributed by atoms with van der Waals surface area (Å²) >= 11 is 0. The molecule has 0 saturated carbocycles. The Morgan fingerprint density at radius 1 is 0.517 bits per heavy atom. The van der Waals surface area contributed by atoms with Crippen molar-refractivity contribution in [3.63, 3.8) is 0 Å². The second kappa shape index (κ2) is 43.7. The first-order chi connectivity index (χ1) is 29.0. The quantitative estimate of drug-likeness (QED) is 0.0358. The van der Waals surface area contributed by atoms with E-state index in [-0.39, 0.29) is 19.1 Å². The number of amides is 1. The Kier molecular flexibility index (Phi) is 43.4. The maximum absolute atomic E-state index is 12.9. The Bertz CT molecular complexity index is 947. The third kappa shape index (κ3) is 45.5. The molecule has 0 fully saturated rings. The number of aliphatic hydroxyl groups excluding tert-OH is 1. The molecule has 0 heterocycles. The molecule has 0 aliphatic heterocycles. The molecule has 2 N–H and O–H groups in total. The van der Waals surface area contributed by atoms with Crippen molar-refractivity contribution in [2.24, 2.45) is 0 Å². The number of quaternary nitrogens is 1. The van der Waals surface area contributed by atoms with Crippen LogP contribution < -0.4 is 10.2 Å². The lowest BCUT2D eigenvalue weighted by molar-refractivity contribution is -0.870. The van der Waals surface area contributed by atoms with Gasteiger partial charge in [0.15, 0.2) is 0 Å². The number of carbonyl (C=O) groups excluding carboxylic acids is 1. The highest BCUT2D eigenvalue weighted by Gasteiger charge is 2.24. The first-order valence-electron chi connectivity index (χ1n) is 26.4. The molecule has 0 aromatic heterocycles. The number of aliphatic hydroxyl groups is 1. The normalized spacial score (nSPS) is 14.1. The van der Waals surface area contributed by atoms with Crippen molar-refractivity contribution in [2.75, 3.05) is 40.9 Å². The Morgan fingerprint density at radius 2 is 0.817 bits per heavy atom. The fourth-order valence-electron chi connectivity index (χ4n) is 8.16. The molecule has 1 amide bonds. The van der Waals surface area contributed by atoms with Gasteiger partial charge in [0.1, 0.15) is 13.2 Å². The maximum Gasteiger partial charge on any atom is 0.268 e. The SMILES string of the molecule is CCCCCCCCCCCCCCCCCCCCCCCCCCC(=O)N[C@@H](COP(=O)([O-])OCC[N+](C)(C)C)[C@H](O)CCCCCCCCCCCCCCCC. The fraction of sp³-hybridized carbons (Fsp3) is 0.980. The van der Waals surface area contributed by atoms with Gasteiger partial charge in [0, 0.05) is 6.42 Å². The molecule has 8 nitrogen and oxygen atoms in total. The topological polar surface area (TPSA) is 108 Å². The van der Waals surface area contributed by atoms with Crippen molar-refractivity contribution in [1.29, 1.82) is 0 Å². The Balaban J connectivity index is 4.12. The lowest BCUT2D eigenvalue weighted by Gasteiger charge is -2.30. The number of rotatable bonds is 49. The van der Waals surface area contributed by atoms with Gasteiger partial charge in [-0.3, -0.25) is 9.36 Å². The van der Waals surface area contributed by atoms with Crippen LogP contribution in [0.2, 0.25) is 0 Å². The van der Waals surface area contributed by atoms with Crippen molar-refractivity contribution >= 4 is 13.7 Å². The van der Waals surface area contributed by atoms with Crippen LogP contribution in [0.3, 0.4) is 0 Å². The maximum atomic E-state index is 12.9. The van der Waals surface area contributed by atoms with Crippen LogP contribution in [-0.2, 0) is 18.4 Å². The van der Waals surface area contributed by atoms with Crippen molar-refractivity contribution < 1.29 is 32.9 Å². The highest BCUT2D eigenvalue weighted by atomic mass is 31.2. The highest BCUT2D eigenvalue weighted by Crippen LogP contribution is 2.38. The second-order valence-electron chi connectivity index (χ2n) is 19.6. The number of hydrogen-bond acceptors (Lipinski definition) is 6. The van der Waals surface area contributed by atoms with Crippen LogP contribution in [0.4, 0.5) is 0 Å². The van der Waals surface area contributed by atoms with Crippen molar-refractivity contribution in [3.8, 4) is 0 Å². The lowest BCUT2D eigenvalue weighted by atomic mass is 10.0. The summed E-state index contributed by atoms with van der Waals surface area (Å²) in [6.45, 7) is 4.76. The summed E-state index contributed by atoms with van der Waals surface area (Å²) in [4.78, 5) is 25.4. The molecule has 0 aromatic rings. The molecule has 0 radical (unpaired) electrons. The van der Waals surface area contributed by atoms with E-state index in [2.05, 4.69) is 19.2 Å². The van der Waals surface area contributed by atoms with Gasteiger partial charge in [-0.05, 0) is 12.8 Å². The van der Waals surface area contributed by atoms with Gasteiger partial charge in [0.05, 0.1) is 39.9 Å². The second-order valence-corrected chi connectivity index (χ2v) is 21.0. The molecule has 1 unspecified atom stereocenters. The standard InChI is InChI=1S/C51H105N2O6P/c1-6-8-10-12-14-16-18-20-22-23-24-25-26-27-28-29-30-31-33-35-37-39-41-43-45-51(55)52-49(48-59-60(56,57)58-47-46-53(3,4)5)50(54)44-42-40-38-36-34-32-21-19-17-15-13-11-9-7-2/h49-50,54H,6-48H2,1-5H3,(H-,52,55,56,57)/t49-,50+/m0/s1. The Labute approximate surface area is 374 Å². The minimum Gasteiger partial charge on any atom is -0.756 e. The van der Waals surface area contributed by atoms with Gasteiger partial charge in [-0.2, -0.15) is 0 Å². The van der Waals surface area contributed by atoms with E-state index in [1.165, 1.54) is 205 Å². The molecular weight excluding hydrogens is 768 g/mol. The molecule has 0 aromatic carbocycles. The summed E-state index contributed by atoms with van der Waals surface area (Å²) in [5.41, 5.74) is 0. The molecule has 0 saturated heterocycles. The summed E-state index contributed by atoms with van der Waals surface area (Å²) in [6, 6.07) is -0.793. The zero-order valence-corrected chi connectivity index (χ0v) is 41.8. The number of nitrogens with one attached hydrogen (secondary N) is 1. The summed E-state index contributed by atoms with van der Waals surface area (Å²) in [7, 11) is 1.32. The number of carbonyl (C=O) groups is 1. The number of phosphoric ester groups is 1. The molecule has 0 aliphatic rings. The van der Waals surface area contributed by atoms with E-state index in [0.717, 1.165) is 38.5 Å². The highest BCUT2D eigenvalue weighted by molar-refractivity contribution is 7.45. The Morgan fingerprint density at radius 3 is 1.13 bits per heavy atom. The summed E-state index contributed by atoms with van der Waals surface area (Å²) in [5.74, 6) is -0.158. The number of hydrogen-bond donors (Lipinski definition) is 2. The smallest absolute Gasteiger partial charge is 0.268 e. The van der Waals surface area contributed by atoms with Gasteiger partial charge >= 0.3 is 0 Å². The third-order valence-electron chi connectivity index (χ3n) is 12.3. The average molecular weight is 873 g/mol. The molecular formula is C51H105N2O6P. The number of unbranched alkanes of at least 4 members (excludes halogenated alkanes) is 36. The van der Waals surface area contributed by atoms with Crippen molar-refractivity contribution in [2.45, 2.75) is 283 Å². The average Bonchev–Trinajstić information content (AvgIpc) is 3.20. The van der Waals surface area contributed by atoms with Crippen LogP contribution in [0.25, 0.3) is 0 Å². The summed E-state index contributed by atoms with van der Waals surface area (Å²) < 4.78 is 23.3. The van der Waals surface area contributed by atoms with Crippen LogP contribution >= 0.6 is 7.82 Å². The molecule has 0 rings (SSSR count). The Hall–Kier alpha value is -0.500. The molecule has 3 atom stereocenters. The van der Waals surface area contributed by atoms with Gasteiger partial charge < -0.3 is 28.8 Å². The predicted octanol–water partition coefficient (Wildman–Crippen LogP) is 14.7. The summed E-state index contributed by atoms with van der Waals surface area (Å²) in [6.07, 6.45) is 49.8. The van der Waals surface area contributed by atoms with E-state index in [1.54, 1.807) is 0 Å². The minimum absolute atomic E-state index is 0.0163. The van der Waals surface area contributed by atoms with E-state index in [0.29, 0.717) is 23.9 Å². The third-order valence-corrected chi connectivity index (χ3v) is 13.3.